The molecule has 0 saturated heterocycles. The van der Waals surface area contributed by atoms with Gasteiger partial charge < -0.3 is 5.73 Å². The van der Waals surface area contributed by atoms with E-state index in [1.807, 2.05) is 13.8 Å². The Morgan fingerprint density at radius 1 is 1.14 bits per heavy atom. The minimum absolute atomic E-state index is 0.449. The minimum Gasteiger partial charge on any atom is -0.319 e. The third-order valence-corrected chi connectivity index (χ3v) is 2.13. The van der Waals surface area contributed by atoms with Crippen molar-refractivity contribution < 1.29 is 0 Å². The highest BCUT2D eigenvalue weighted by molar-refractivity contribution is 5.14. The molecule has 1 aromatic heterocycles. The highest BCUT2D eigenvalue weighted by Gasteiger charge is 2.18. The second-order valence-corrected chi connectivity index (χ2v) is 4.10. The Morgan fingerprint density at radius 3 is 1.86 bits per heavy atom. The van der Waals surface area contributed by atoms with E-state index in [9.17, 15) is 0 Å². The van der Waals surface area contributed by atoms with E-state index in [1.54, 1.807) is 0 Å². The van der Waals surface area contributed by atoms with Gasteiger partial charge in [-0.15, -0.1) is 0 Å². The molecule has 3 heteroatoms. The Kier molecular flexibility index (Phi) is 3.21. The average Bonchev–Trinajstić information content (AvgIpc) is 2.15. The topological polar surface area (TPSA) is 51.8 Å². The van der Waals surface area contributed by atoms with Crippen LogP contribution in [0.15, 0.2) is 6.07 Å². The van der Waals surface area contributed by atoms with E-state index >= 15 is 0 Å². The Hall–Kier alpha value is -0.960. The van der Waals surface area contributed by atoms with Gasteiger partial charge in [0.2, 0.25) is 0 Å². The summed E-state index contributed by atoms with van der Waals surface area (Å²) in [7, 11) is 0. The molecule has 0 saturated carbocycles. The summed E-state index contributed by atoms with van der Waals surface area (Å²) < 4.78 is 0. The van der Waals surface area contributed by atoms with Gasteiger partial charge in [0.15, 0.2) is 0 Å². The normalized spacial score (nSPS) is 11.8. The van der Waals surface area contributed by atoms with Crippen molar-refractivity contribution >= 4 is 0 Å². The number of hydrogen-bond acceptors (Lipinski definition) is 3. The van der Waals surface area contributed by atoms with E-state index in [0.29, 0.717) is 0 Å². The highest BCUT2D eigenvalue weighted by Crippen LogP contribution is 2.14. The van der Waals surface area contributed by atoms with Gasteiger partial charge in [-0.2, -0.15) is 0 Å². The van der Waals surface area contributed by atoms with Gasteiger partial charge in [-0.3, -0.25) is 0 Å². The zero-order valence-corrected chi connectivity index (χ0v) is 9.46. The number of rotatable bonds is 3. The van der Waals surface area contributed by atoms with Crippen molar-refractivity contribution in [3.05, 3.63) is 23.3 Å². The minimum atomic E-state index is -0.449. The molecule has 3 nitrogen and oxygen atoms in total. The Morgan fingerprint density at radius 2 is 1.57 bits per heavy atom. The molecule has 2 N–H and O–H groups in total. The second kappa shape index (κ2) is 4.05. The lowest BCUT2D eigenvalue weighted by Gasteiger charge is -2.18. The van der Waals surface area contributed by atoms with Crippen molar-refractivity contribution in [2.75, 3.05) is 0 Å². The molecule has 0 bridgehead atoms. The summed E-state index contributed by atoms with van der Waals surface area (Å²) >= 11 is 0. The monoisotopic (exact) mass is 193 g/mol. The van der Waals surface area contributed by atoms with E-state index in [2.05, 4.69) is 29.9 Å². The second-order valence-electron chi connectivity index (χ2n) is 4.10. The van der Waals surface area contributed by atoms with Crippen molar-refractivity contribution in [1.29, 1.82) is 0 Å². The van der Waals surface area contributed by atoms with Crippen LogP contribution in [0.1, 0.15) is 44.9 Å². The lowest BCUT2D eigenvalue weighted by molar-refractivity contribution is 0.508. The Balaban J connectivity index is 3.17. The number of nitrogens with two attached hydrogens (primary N) is 1. The van der Waals surface area contributed by atoms with E-state index in [0.717, 1.165) is 30.1 Å². The summed E-state index contributed by atoms with van der Waals surface area (Å²) in [4.78, 5) is 8.87. The van der Waals surface area contributed by atoms with Crippen LogP contribution >= 0.6 is 0 Å². The van der Waals surface area contributed by atoms with Crippen LogP contribution in [-0.2, 0) is 18.4 Å². The van der Waals surface area contributed by atoms with E-state index in [-0.39, 0.29) is 0 Å². The molecular formula is C11H19N3. The molecule has 0 aliphatic carbocycles. The SMILES string of the molecule is CCc1cc(CC)nc(C(C)(C)N)n1. The first-order valence-electron chi connectivity index (χ1n) is 5.13. The number of nitrogens with zero attached hydrogens (tertiary/aromatic N) is 2. The van der Waals surface area contributed by atoms with E-state index < -0.39 is 5.54 Å². The molecule has 1 rings (SSSR count). The number of aromatic nitrogens is 2. The van der Waals surface area contributed by atoms with Crippen LogP contribution in [-0.4, -0.2) is 9.97 Å². The van der Waals surface area contributed by atoms with Gasteiger partial charge in [-0.05, 0) is 32.8 Å². The Labute approximate surface area is 85.8 Å². The maximum absolute atomic E-state index is 5.98. The Bertz CT molecular complexity index is 291. The fraction of sp³-hybridized carbons (Fsp3) is 0.636. The van der Waals surface area contributed by atoms with Crippen molar-refractivity contribution in [2.24, 2.45) is 5.73 Å². The quantitative estimate of drug-likeness (QED) is 0.796. The molecule has 0 aliphatic rings. The molecule has 1 aromatic rings. The molecule has 1 heterocycles. The standard InChI is InChI=1S/C11H19N3/c1-5-8-7-9(6-2)14-10(13-8)11(3,4)12/h7H,5-6,12H2,1-4H3. The summed E-state index contributed by atoms with van der Waals surface area (Å²) in [5.41, 5.74) is 7.68. The van der Waals surface area contributed by atoms with Crippen LogP contribution in [0.2, 0.25) is 0 Å². The zero-order chi connectivity index (χ0) is 10.8. The molecule has 0 amide bonds. The molecule has 14 heavy (non-hydrogen) atoms. The molecule has 0 aliphatic heterocycles. The first kappa shape index (κ1) is 11.1. The molecular weight excluding hydrogens is 174 g/mol. The van der Waals surface area contributed by atoms with Crippen molar-refractivity contribution in [1.82, 2.24) is 9.97 Å². The molecule has 0 aromatic carbocycles. The third-order valence-electron chi connectivity index (χ3n) is 2.13. The van der Waals surface area contributed by atoms with Crippen molar-refractivity contribution in [3.8, 4) is 0 Å². The van der Waals surface area contributed by atoms with Crippen LogP contribution in [0.25, 0.3) is 0 Å². The van der Waals surface area contributed by atoms with E-state index in [4.69, 9.17) is 5.73 Å². The molecule has 0 radical (unpaired) electrons. The van der Waals surface area contributed by atoms with Crippen LogP contribution in [0.4, 0.5) is 0 Å². The highest BCUT2D eigenvalue weighted by atomic mass is 15.0. The van der Waals surface area contributed by atoms with Crippen LogP contribution in [0, 0.1) is 0 Å². The largest absolute Gasteiger partial charge is 0.319 e. The van der Waals surface area contributed by atoms with Gasteiger partial charge in [-0.25, -0.2) is 9.97 Å². The summed E-state index contributed by atoms with van der Waals surface area (Å²) in [6.07, 6.45) is 1.86. The molecule has 78 valence electrons. The van der Waals surface area contributed by atoms with Crippen LogP contribution in [0.3, 0.4) is 0 Å². The number of hydrogen-bond donors (Lipinski definition) is 1. The van der Waals surface area contributed by atoms with Gasteiger partial charge in [0, 0.05) is 11.4 Å². The van der Waals surface area contributed by atoms with Gasteiger partial charge in [0.25, 0.3) is 0 Å². The first-order chi connectivity index (χ1) is 6.47. The average molecular weight is 193 g/mol. The molecule has 0 spiro atoms. The van der Waals surface area contributed by atoms with Gasteiger partial charge in [-0.1, -0.05) is 13.8 Å². The van der Waals surface area contributed by atoms with Gasteiger partial charge >= 0.3 is 0 Å². The fourth-order valence-corrected chi connectivity index (χ4v) is 1.20. The number of aryl methyl sites for hydroxylation is 2. The smallest absolute Gasteiger partial charge is 0.148 e. The summed E-state index contributed by atoms with van der Waals surface area (Å²) in [6.45, 7) is 8.05. The third kappa shape index (κ3) is 2.51. The van der Waals surface area contributed by atoms with Gasteiger partial charge in [0.1, 0.15) is 5.82 Å². The predicted molar refractivity (Wildman–Crippen MR) is 58.0 cm³/mol. The van der Waals surface area contributed by atoms with Crippen molar-refractivity contribution in [2.45, 2.75) is 46.1 Å². The van der Waals surface area contributed by atoms with Crippen LogP contribution < -0.4 is 5.73 Å². The summed E-state index contributed by atoms with van der Waals surface area (Å²) in [5, 5.41) is 0. The first-order valence-corrected chi connectivity index (χ1v) is 5.13. The lowest BCUT2D eigenvalue weighted by Crippen LogP contribution is -2.32. The zero-order valence-electron chi connectivity index (χ0n) is 9.46. The fourth-order valence-electron chi connectivity index (χ4n) is 1.20. The molecule has 0 unspecified atom stereocenters. The molecule has 0 atom stereocenters. The van der Waals surface area contributed by atoms with Crippen molar-refractivity contribution in [3.63, 3.8) is 0 Å². The van der Waals surface area contributed by atoms with E-state index in [1.165, 1.54) is 0 Å². The molecule has 0 fully saturated rings. The maximum atomic E-state index is 5.98. The van der Waals surface area contributed by atoms with Gasteiger partial charge in [0.05, 0.1) is 5.54 Å². The predicted octanol–water partition coefficient (Wildman–Crippen LogP) is 1.80. The summed E-state index contributed by atoms with van der Waals surface area (Å²) in [6, 6.07) is 2.05. The van der Waals surface area contributed by atoms with Crippen LogP contribution in [0.5, 0.6) is 0 Å². The summed E-state index contributed by atoms with van der Waals surface area (Å²) in [5.74, 6) is 0.744. The lowest BCUT2D eigenvalue weighted by atomic mass is 10.1. The maximum Gasteiger partial charge on any atom is 0.148 e.